The van der Waals surface area contributed by atoms with Crippen LogP contribution in [0.4, 0.5) is 4.39 Å². The van der Waals surface area contributed by atoms with E-state index >= 15 is 0 Å². The molecule has 1 atom stereocenters. The van der Waals surface area contributed by atoms with Crippen LogP contribution in [0.15, 0.2) is 23.1 Å². The van der Waals surface area contributed by atoms with Gasteiger partial charge in [-0.05, 0) is 37.8 Å². The molecule has 0 aliphatic carbocycles. The summed E-state index contributed by atoms with van der Waals surface area (Å²) in [5.41, 5.74) is 0.808. The van der Waals surface area contributed by atoms with Gasteiger partial charge in [-0.1, -0.05) is 19.9 Å². The Bertz CT molecular complexity index is 328. The molecule has 1 unspecified atom stereocenters. The first kappa shape index (κ1) is 13.5. The molecule has 0 aliphatic heterocycles. The quantitative estimate of drug-likeness (QED) is 0.756. The first-order chi connectivity index (χ1) is 7.70. The van der Waals surface area contributed by atoms with Crippen LogP contribution >= 0.6 is 11.8 Å². The second-order valence-electron chi connectivity index (χ2n) is 3.76. The van der Waals surface area contributed by atoms with Crippen molar-refractivity contribution in [2.75, 3.05) is 12.3 Å². The molecule has 16 heavy (non-hydrogen) atoms. The summed E-state index contributed by atoms with van der Waals surface area (Å²) in [6.07, 6.45) is 1.06. The van der Waals surface area contributed by atoms with Crippen LogP contribution in [0.3, 0.4) is 0 Å². The molecule has 1 nitrogen and oxygen atoms in total. The molecule has 1 aromatic rings. The van der Waals surface area contributed by atoms with E-state index in [1.54, 1.807) is 23.9 Å². The maximum Gasteiger partial charge on any atom is 0.129 e. The largest absolute Gasteiger partial charge is 0.310 e. The van der Waals surface area contributed by atoms with E-state index in [4.69, 9.17) is 0 Å². The Hall–Kier alpha value is -0.540. The smallest absolute Gasteiger partial charge is 0.129 e. The topological polar surface area (TPSA) is 12.0 Å². The van der Waals surface area contributed by atoms with E-state index in [1.807, 2.05) is 13.0 Å². The van der Waals surface area contributed by atoms with E-state index in [0.717, 1.165) is 29.2 Å². The standard InChI is InChI=1S/C13H20FNS/c1-4-9-15-10(3)13-11(14)7-6-8-12(13)16-5-2/h6-8,10,15H,4-5,9H2,1-3H3. The van der Waals surface area contributed by atoms with E-state index < -0.39 is 0 Å². The predicted molar refractivity (Wildman–Crippen MR) is 69.5 cm³/mol. The van der Waals surface area contributed by atoms with E-state index in [2.05, 4.69) is 19.2 Å². The summed E-state index contributed by atoms with van der Waals surface area (Å²) in [6.45, 7) is 7.14. The molecule has 1 aromatic carbocycles. The predicted octanol–water partition coefficient (Wildman–Crippen LogP) is 4.00. The van der Waals surface area contributed by atoms with Gasteiger partial charge in [-0.25, -0.2) is 4.39 Å². The zero-order chi connectivity index (χ0) is 12.0. The second-order valence-corrected chi connectivity index (χ2v) is 5.07. The molecule has 0 heterocycles. The van der Waals surface area contributed by atoms with E-state index in [-0.39, 0.29) is 11.9 Å². The maximum atomic E-state index is 13.8. The molecule has 0 spiro atoms. The lowest BCUT2D eigenvalue weighted by molar-refractivity contribution is 0.519. The Morgan fingerprint density at radius 2 is 2.12 bits per heavy atom. The summed E-state index contributed by atoms with van der Waals surface area (Å²) in [4.78, 5) is 1.05. The number of hydrogen-bond acceptors (Lipinski definition) is 2. The highest BCUT2D eigenvalue weighted by Crippen LogP contribution is 2.29. The summed E-state index contributed by atoms with van der Waals surface area (Å²) >= 11 is 1.70. The van der Waals surface area contributed by atoms with Crippen molar-refractivity contribution in [3.8, 4) is 0 Å². The minimum atomic E-state index is -0.102. The third-order valence-corrected chi connectivity index (χ3v) is 3.40. The van der Waals surface area contributed by atoms with Gasteiger partial charge < -0.3 is 5.32 Å². The molecule has 0 saturated carbocycles. The van der Waals surface area contributed by atoms with Gasteiger partial charge in [0.25, 0.3) is 0 Å². The fraction of sp³-hybridized carbons (Fsp3) is 0.538. The number of thioether (sulfide) groups is 1. The van der Waals surface area contributed by atoms with E-state index in [9.17, 15) is 4.39 Å². The Labute approximate surface area is 102 Å². The van der Waals surface area contributed by atoms with Crippen molar-refractivity contribution in [3.05, 3.63) is 29.6 Å². The Morgan fingerprint density at radius 3 is 2.75 bits per heavy atom. The number of benzene rings is 1. The summed E-state index contributed by atoms with van der Waals surface area (Å²) < 4.78 is 13.8. The number of halogens is 1. The van der Waals surface area contributed by atoms with Gasteiger partial charge in [0.2, 0.25) is 0 Å². The van der Waals surface area contributed by atoms with Gasteiger partial charge in [0.15, 0.2) is 0 Å². The van der Waals surface area contributed by atoms with Crippen LogP contribution in [-0.4, -0.2) is 12.3 Å². The van der Waals surface area contributed by atoms with Gasteiger partial charge in [-0.15, -0.1) is 11.8 Å². The molecular weight excluding hydrogens is 221 g/mol. The van der Waals surface area contributed by atoms with Crippen LogP contribution in [0, 0.1) is 5.82 Å². The molecule has 0 radical (unpaired) electrons. The molecule has 0 aromatic heterocycles. The summed E-state index contributed by atoms with van der Waals surface area (Å²) in [5.74, 6) is 0.867. The lowest BCUT2D eigenvalue weighted by atomic mass is 10.1. The number of nitrogens with one attached hydrogen (secondary N) is 1. The summed E-state index contributed by atoms with van der Waals surface area (Å²) in [5, 5.41) is 3.33. The van der Waals surface area contributed by atoms with Crippen molar-refractivity contribution in [1.29, 1.82) is 0 Å². The van der Waals surface area contributed by atoms with Crippen molar-refractivity contribution >= 4 is 11.8 Å². The van der Waals surface area contributed by atoms with Crippen molar-refractivity contribution in [1.82, 2.24) is 5.32 Å². The normalized spacial score (nSPS) is 12.8. The monoisotopic (exact) mass is 241 g/mol. The molecule has 0 amide bonds. The van der Waals surface area contributed by atoms with Crippen LogP contribution in [0.1, 0.15) is 38.8 Å². The molecule has 90 valence electrons. The molecular formula is C13H20FNS. The number of hydrogen-bond donors (Lipinski definition) is 1. The van der Waals surface area contributed by atoms with Crippen LogP contribution in [0.5, 0.6) is 0 Å². The third-order valence-electron chi connectivity index (χ3n) is 2.45. The lowest BCUT2D eigenvalue weighted by Crippen LogP contribution is -2.21. The zero-order valence-electron chi connectivity index (χ0n) is 10.2. The van der Waals surface area contributed by atoms with Gasteiger partial charge in [-0.3, -0.25) is 0 Å². The van der Waals surface area contributed by atoms with E-state index in [1.165, 1.54) is 0 Å². The number of rotatable bonds is 6. The third kappa shape index (κ3) is 3.49. The second kappa shape index (κ2) is 6.92. The van der Waals surface area contributed by atoms with Gasteiger partial charge in [0.1, 0.15) is 5.82 Å². The molecule has 1 rings (SSSR count). The molecule has 0 saturated heterocycles. The molecule has 3 heteroatoms. The lowest BCUT2D eigenvalue weighted by Gasteiger charge is -2.18. The highest BCUT2D eigenvalue weighted by Gasteiger charge is 2.14. The SMILES string of the molecule is CCCNC(C)c1c(F)cccc1SCC. The van der Waals surface area contributed by atoms with Gasteiger partial charge in [0, 0.05) is 16.5 Å². The van der Waals surface area contributed by atoms with Crippen molar-refractivity contribution in [2.24, 2.45) is 0 Å². The molecule has 0 bridgehead atoms. The van der Waals surface area contributed by atoms with Gasteiger partial charge in [0.05, 0.1) is 0 Å². The molecule has 0 fully saturated rings. The Kier molecular flexibility index (Phi) is 5.85. The minimum absolute atomic E-state index is 0.0789. The van der Waals surface area contributed by atoms with Crippen LogP contribution in [0.25, 0.3) is 0 Å². The fourth-order valence-electron chi connectivity index (χ4n) is 1.68. The average molecular weight is 241 g/mol. The van der Waals surface area contributed by atoms with Crippen LogP contribution in [0.2, 0.25) is 0 Å². The highest BCUT2D eigenvalue weighted by atomic mass is 32.2. The highest BCUT2D eigenvalue weighted by molar-refractivity contribution is 7.99. The zero-order valence-corrected chi connectivity index (χ0v) is 11.0. The Morgan fingerprint density at radius 1 is 1.38 bits per heavy atom. The van der Waals surface area contributed by atoms with Gasteiger partial charge in [-0.2, -0.15) is 0 Å². The summed E-state index contributed by atoms with van der Waals surface area (Å²) in [7, 11) is 0. The molecule has 1 N–H and O–H groups in total. The van der Waals surface area contributed by atoms with Crippen LogP contribution in [-0.2, 0) is 0 Å². The van der Waals surface area contributed by atoms with Crippen molar-refractivity contribution < 1.29 is 4.39 Å². The maximum absolute atomic E-state index is 13.8. The Balaban J connectivity index is 2.90. The fourth-order valence-corrected chi connectivity index (χ4v) is 2.60. The van der Waals surface area contributed by atoms with Crippen molar-refractivity contribution in [3.63, 3.8) is 0 Å². The molecule has 0 aliphatic rings. The summed E-state index contributed by atoms with van der Waals surface area (Å²) in [6, 6.07) is 5.40. The average Bonchev–Trinajstić information content (AvgIpc) is 2.26. The van der Waals surface area contributed by atoms with Crippen molar-refractivity contribution in [2.45, 2.75) is 38.1 Å². The minimum Gasteiger partial charge on any atom is -0.310 e. The van der Waals surface area contributed by atoms with E-state index in [0.29, 0.717) is 0 Å². The first-order valence-electron chi connectivity index (χ1n) is 5.85. The van der Waals surface area contributed by atoms with Crippen LogP contribution < -0.4 is 5.32 Å². The van der Waals surface area contributed by atoms with Gasteiger partial charge >= 0.3 is 0 Å². The first-order valence-corrected chi connectivity index (χ1v) is 6.83.